The van der Waals surface area contributed by atoms with Crippen molar-refractivity contribution in [3.63, 3.8) is 0 Å². The minimum absolute atomic E-state index is 0.0116. The number of nitrogens with two attached hydrogens (primary N) is 2. The third-order valence-corrected chi connectivity index (χ3v) is 3.20. The summed E-state index contributed by atoms with van der Waals surface area (Å²) in [4.78, 5) is 10.5. The minimum Gasteiger partial charge on any atom is -0.370 e. The van der Waals surface area contributed by atoms with E-state index in [9.17, 15) is 4.79 Å². The molecule has 0 aliphatic carbocycles. The van der Waals surface area contributed by atoms with E-state index >= 15 is 0 Å². The van der Waals surface area contributed by atoms with Gasteiger partial charge in [0.05, 0.1) is 0 Å². The van der Waals surface area contributed by atoms with Crippen molar-refractivity contribution in [2.24, 2.45) is 17.4 Å². The van der Waals surface area contributed by atoms with E-state index in [0.717, 1.165) is 12.2 Å². The Hall–Kier alpha value is -0.220. The first-order valence-corrected chi connectivity index (χ1v) is 4.97. The van der Waals surface area contributed by atoms with Crippen LogP contribution in [0.2, 0.25) is 0 Å². The van der Waals surface area contributed by atoms with Gasteiger partial charge in [0.1, 0.15) is 0 Å². The highest BCUT2D eigenvalue weighted by atomic mass is 32.2. The lowest BCUT2D eigenvalue weighted by atomic mass is 9.97. The third kappa shape index (κ3) is 2.71. The Morgan fingerprint density at radius 2 is 2.45 bits per heavy atom. The van der Waals surface area contributed by atoms with Gasteiger partial charge >= 0.3 is 0 Å². The molecule has 1 aliphatic rings. The summed E-state index contributed by atoms with van der Waals surface area (Å²) in [5, 5.41) is 0. The molecule has 0 spiro atoms. The maximum Gasteiger partial charge on any atom is 0.218 e. The highest BCUT2D eigenvalue weighted by Gasteiger charge is 2.23. The lowest BCUT2D eigenvalue weighted by Gasteiger charge is -2.15. The van der Waals surface area contributed by atoms with Gasteiger partial charge in [-0.3, -0.25) is 4.79 Å². The highest BCUT2D eigenvalue weighted by molar-refractivity contribution is 7.99. The van der Waals surface area contributed by atoms with Gasteiger partial charge < -0.3 is 11.5 Å². The number of rotatable bonds is 3. The van der Waals surface area contributed by atoms with E-state index in [0.29, 0.717) is 12.3 Å². The monoisotopic (exact) mass is 174 g/mol. The topological polar surface area (TPSA) is 69.1 Å². The van der Waals surface area contributed by atoms with Gasteiger partial charge in [0, 0.05) is 12.5 Å². The normalized spacial score (nSPS) is 26.8. The molecule has 0 radical (unpaired) electrons. The molecule has 4 N–H and O–H groups in total. The second kappa shape index (κ2) is 3.97. The van der Waals surface area contributed by atoms with E-state index in [2.05, 4.69) is 0 Å². The zero-order chi connectivity index (χ0) is 8.27. The Morgan fingerprint density at radius 1 is 1.73 bits per heavy atom. The van der Waals surface area contributed by atoms with Crippen LogP contribution in [0.1, 0.15) is 12.8 Å². The van der Waals surface area contributed by atoms with Gasteiger partial charge in [-0.25, -0.2) is 0 Å². The van der Waals surface area contributed by atoms with Crippen molar-refractivity contribution in [3.8, 4) is 0 Å². The van der Waals surface area contributed by atoms with Crippen LogP contribution in [0.4, 0.5) is 0 Å². The Balaban J connectivity index is 2.28. The van der Waals surface area contributed by atoms with Crippen LogP contribution in [0.25, 0.3) is 0 Å². The van der Waals surface area contributed by atoms with Gasteiger partial charge in [-0.1, -0.05) is 0 Å². The molecule has 1 heterocycles. The summed E-state index contributed by atoms with van der Waals surface area (Å²) in [7, 11) is 0. The summed E-state index contributed by atoms with van der Waals surface area (Å²) in [6.45, 7) is 0. The summed E-state index contributed by atoms with van der Waals surface area (Å²) in [5.74, 6) is 2.49. The highest BCUT2D eigenvalue weighted by Crippen LogP contribution is 2.26. The minimum atomic E-state index is -0.283. The number of thioether (sulfide) groups is 1. The number of carbonyl (C=O) groups excluding carboxylic acids is 1. The van der Waals surface area contributed by atoms with Crippen LogP contribution in [-0.4, -0.2) is 23.5 Å². The smallest absolute Gasteiger partial charge is 0.218 e. The third-order valence-electron chi connectivity index (χ3n) is 2.01. The van der Waals surface area contributed by atoms with Crippen molar-refractivity contribution < 1.29 is 4.79 Å². The Kier molecular flexibility index (Phi) is 3.20. The zero-order valence-corrected chi connectivity index (χ0v) is 7.27. The maximum atomic E-state index is 10.5. The van der Waals surface area contributed by atoms with Crippen molar-refractivity contribution in [1.29, 1.82) is 0 Å². The Bertz CT molecular complexity index is 145. The average molecular weight is 174 g/mol. The quantitative estimate of drug-likeness (QED) is 0.630. The van der Waals surface area contributed by atoms with Gasteiger partial charge in [-0.2, -0.15) is 11.8 Å². The van der Waals surface area contributed by atoms with Crippen LogP contribution < -0.4 is 11.5 Å². The predicted molar refractivity (Wildman–Crippen MR) is 47.2 cm³/mol. The molecule has 0 aromatic rings. The Labute approximate surface area is 70.9 Å². The molecule has 0 saturated carbocycles. The van der Waals surface area contributed by atoms with E-state index in [-0.39, 0.29) is 11.9 Å². The van der Waals surface area contributed by atoms with Crippen LogP contribution in [0.15, 0.2) is 0 Å². The molecule has 64 valence electrons. The molecule has 1 saturated heterocycles. The van der Waals surface area contributed by atoms with Crippen molar-refractivity contribution >= 4 is 17.7 Å². The summed E-state index contributed by atoms with van der Waals surface area (Å²) in [5.41, 5.74) is 10.8. The molecule has 0 aromatic carbocycles. The lowest BCUT2D eigenvalue weighted by Crippen LogP contribution is -2.34. The first-order chi connectivity index (χ1) is 5.20. The fourth-order valence-electron chi connectivity index (χ4n) is 1.29. The van der Waals surface area contributed by atoms with Crippen LogP contribution >= 0.6 is 11.8 Å². The number of carbonyl (C=O) groups is 1. The molecular formula is C7H14N2OS. The first-order valence-electron chi connectivity index (χ1n) is 3.82. The van der Waals surface area contributed by atoms with Gasteiger partial charge in [-0.05, 0) is 23.8 Å². The lowest BCUT2D eigenvalue weighted by molar-refractivity contribution is -0.118. The van der Waals surface area contributed by atoms with E-state index < -0.39 is 0 Å². The van der Waals surface area contributed by atoms with Gasteiger partial charge in [-0.15, -0.1) is 0 Å². The van der Waals surface area contributed by atoms with Crippen molar-refractivity contribution in [3.05, 3.63) is 0 Å². The van der Waals surface area contributed by atoms with E-state index in [4.69, 9.17) is 11.5 Å². The summed E-state index contributed by atoms with van der Waals surface area (Å²) < 4.78 is 0. The number of primary amides is 1. The molecule has 0 aromatic heterocycles. The molecule has 1 fully saturated rings. The molecular weight excluding hydrogens is 160 g/mol. The fourth-order valence-corrected chi connectivity index (χ4v) is 2.64. The van der Waals surface area contributed by atoms with Crippen molar-refractivity contribution in [1.82, 2.24) is 0 Å². The van der Waals surface area contributed by atoms with Crippen LogP contribution in [0.5, 0.6) is 0 Å². The molecule has 1 rings (SSSR count). The average Bonchev–Trinajstić information content (AvgIpc) is 2.35. The summed E-state index contributed by atoms with van der Waals surface area (Å²) in [6.07, 6.45) is 1.48. The van der Waals surface area contributed by atoms with Crippen LogP contribution in [-0.2, 0) is 4.79 Å². The number of hydrogen-bond donors (Lipinski definition) is 2. The number of hydrogen-bond acceptors (Lipinski definition) is 3. The van der Waals surface area contributed by atoms with Crippen molar-refractivity contribution in [2.45, 2.75) is 18.9 Å². The van der Waals surface area contributed by atoms with Gasteiger partial charge in [0.2, 0.25) is 5.91 Å². The van der Waals surface area contributed by atoms with E-state index in [1.54, 1.807) is 0 Å². The SMILES string of the molecule is NC(=O)CC(N)C1CCSC1. The summed E-state index contributed by atoms with van der Waals surface area (Å²) >= 11 is 1.91. The molecule has 3 nitrogen and oxygen atoms in total. The van der Waals surface area contributed by atoms with Crippen LogP contribution in [0.3, 0.4) is 0 Å². The predicted octanol–water partition coefficient (Wildman–Crippen LogP) is -0.0578. The molecule has 2 atom stereocenters. The molecule has 2 unspecified atom stereocenters. The summed E-state index contributed by atoms with van der Waals surface area (Å²) in [6, 6.07) is -0.0116. The number of amides is 1. The van der Waals surface area contributed by atoms with Crippen LogP contribution in [0, 0.1) is 5.92 Å². The maximum absolute atomic E-state index is 10.5. The van der Waals surface area contributed by atoms with E-state index in [1.807, 2.05) is 11.8 Å². The molecule has 4 heteroatoms. The molecule has 11 heavy (non-hydrogen) atoms. The fraction of sp³-hybridized carbons (Fsp3) is 0.857. The Morgan fingerprint density at radius 3 is 2.91 bits per heavy atom. The zero-order valence-electron chi connectivity index (χ0n) is 6.45. The van der Waals surface area contributed by atoms with Crippen molar-refractivity contribution in [2.75, 3.05) is 11.5 Å². The molecule has 0 bridgehead atoms. The second-order valence-corrected chi connectivity index (χ2v) is 4.11. The first kappa shape index (κ1) is 8.87. The standard InChI is InChI=1S/C7H14N2OS/c8-6(3-7(9)10)5-1-2-11-4-5/h5-6H,1-4,8H2,(H2,9,10). The molecule has 1 amide bonds. The van der Waals surface area contributed by atoms with Gasteiger partial charge in [0.25, 0.3) is 0 Å². The molecule has 1 aliphatic heterocycles. The second-order valence-electron chi connectivity index (χ2n) is 2.96. The van der Waals surface area contributed by atoms with Gasteiger partial charge in [0.15, 0.2) is 0 Å². The largest absolute Gasteiger partial charge is 0.370 e. The van der Waals surface area contributed by atoms with E-state index in [1.165, 1.54) is 5.75 Å².